The SMILES string of the molecule is N#CCc1cc(C(F)F)c(OC(F)(F)F)c(N)n1. The molecule has 0 aromatic carbocycles. The van der Waals surface area contributed by atoms with Gasteiger partial charge in [-0.1, -0.05) is 0 Å². The van der Waals surface area contributed by atoms with Crippen LogP contribution in [0.1, 0.15) is 17.7 Å². The van der Waals surface area contributed by atoms with Crippen LogP contribution in [-0.4, -0.2) is 11.3 Å². The van der Waals surface area contributed by atoms with E-state index in [1.54, 1.807) is 6.07 Å². The Labute approximate surface area is 97.8 Å². The molecular weight excluding hydrogens is 261 g/mol. The summed E-state index contributed by atoms with van der Waals surface area (Å²) in [5.74, 6) is -2.07. The number of alkyl halides is 5. The topological polar surface area (TPSA) is 71.9 Å². The molecule has 0 aliphatic rings. The fourth-order valence-electron chi connectivity index (χ4n) is 1.19. The number of hydrogen-bond donors (Lipinski definition) is 1. The molecule has 2 N–H and O–H groups in total. The minimum atomic E-state index is -5.16. The first-order chi connectivity index (χ1) is 8.24. The smallest absolute Gasteiger partial charge is 0.401 e. The van der Waals surface area contributed by atoms with E-state index in [1.807, 2.05) is 0 Å². The molecule has 0 aliphatic carbocycles. The monoisotopic (exact) mass is 267 g/mol. The van der Waals surface area contributed by atoms with E-state index in [9.17, 15) is 22.0 Å². The molecule has 0 aliphatic heterocycles. The maximum atomic E-state index is 12.6. The van der Waals surface area contributed by atoms with E-state index < -0.39 is 29.9 Å². The van der Waals surface area contributed by atoms with Crippen molar-refractivity contribution in [2.75, 3.05) is 5.73 Å². The first-order valence-corrected chi connectivity index (χ1v) is 4.44. The van der Waals surface area contributed by atoms with Crippen molar-refractivity contribution in [2.45, 2.75) is 19.2 Å². The molecular formula is C9H6F5N3O. The van der Waals surface area contributed by atoms with Gasteiger partial charge in [-0.15, -0.1) is 13.2 Å². The lowest BCUT2D eigenvalue weighted by atomic mass is 10.2. The van der Waals surface area contributed by atoms with Gasteiger partial charge in [-0.2, -0.15) is 5.26 Å². The lowest BCUT2D eigenvalue weighted by molar-refractivity contribution is -0.275. The summed E-state index contributed by atoms with van der Waals surface area (Å²) in [5.41, 5.74) is 3.91. The Morgan fingerprint density at radius 2 is 2.06 bits per heavy atom. The van der Waals surface area contributed by atoms with E-state index in [1.165, 1.54) is 0 Å². The highest BCUT2D eigenvalue weighted by Gasteiger charge is 2.35. The molecule has 0 saturated heterocycles. The second kappa shape index (κ2) is 5.03. The zero-order valence-corrected chi connectivity index (χ0v) is 8.63. The molecule has 18 heavy (non-hydrogen) atoms. The van der Waals surface area contributed by atoms with Crippen LogP contribution in [0.2, 0.25) is 0 Å². The van der Waals surface area contributed by atoms with Crippen molar-refractivity contribution < 1.29 is 26.7 Å². The number of nitrogens with zero attached hydrogens (tertiary/aromatic N) is 2. The zero-order valence-electron chi connectivity index (χ0n) is 8.63. The molecule has 0 amide bonds. The van der Waals surface area contributed by atoms with Gasteiger partial charge in [0.25, 0.3) is 6.43 Å². The number of pyridine rings is 1. The number of halogens is 5. The highest BCUT2D eigenvalue weighted by atomic mass is 19.4. The molecule has 1 heterocycles. The largest absolute Gasteiger partial charge is 0.573 e. The quantitative estimate of drug-likeness (QED) is 0.854. The number of nitrogen functional groups attached to an aromatic ring is 1. The van der Waals surface area contributed by atoms with Gasteiger partial charge in [-0.3, -0.25) is 0 Å². The van der Waals surface area contributed by atoms with Crippen molar-refractivity contribution in [3.63, 3.8) is 0 Å². The second-order valence-corrected chi connectivity index (χ2v) is 3.10. The molecule has 0 unspecified atom stereocenters. The first kappa shape index (κ1) is 14.0. The van der Waals surface area contributed by atoms with Crippen LogP contribution in [0.5, 0.6) is 5.75 Å². The summed E-state index contributed by atoms with van der Waals surface area (Å²) < 4.78 is 64.6. The summed E-state index contributed by atoms with van der Waals surface area (Å²) in [4.78, 5) is 3.39. The van der Waals surface area contributed by atoms with E-state index >= 15 is 0 Å². The van der Waals surface area contributed by atoms with Crippen LogP contribution in [0.3, 0.4) is 0 Å². The minimum absolute atomic E-state index is 0.153. The molecule has 4 nitrogen and oxygen atoms in total. The normalized spacial score (nSPS) is 11.4. The van der Waals surface area contributed by atoms with E-state index in [2.05, 4.69) is 9.72 Å². The van der Waals surface area contributed by atoms with Crippen LogP contribution >= 0.6 is 0 Å². The van der Waals surface area contributed by atoms with Crippen LogP contribution in [0.25, 0.3) is 0 Å². The lowest BCUT2D eigenvalue weighted by Crippen LogP contribution is -2.20. The maximum Gasteiger partial charge on any atom is 0.573 e. The van der Waals surface area contributed by atoms with Gasteiger partial charge in [-0.25, -0.2) is 13.8 Å². The number of ether oxygens (including phenoxy) is 1. The number of aromatic nitrogens is 1. The Bertz CT molecular complexity index is 480. The van der Waals surface area contributed by atoms with Crippen molar-refractivity contribution in [1.82, 2.24) is 4.98 Å². The predicted octanol–water partition coefficient (Wildman–Crippen LogP) is 2.57. The third-order valence-electron chi connectivity index (χ3n) is 1.79. The van der Waals surface area contributed by atoms with Gasteiger partial charge in [0.15, 0.2) is 11.6 Å². The van der Waals surface area contributed by atoms with Crippen molar-refractivity contribution in [3.8, 4) is 11.8 Å². The molecule has 1 aromatic heterocycles. The molecule has 0 radical (unpaired) electrons. The van der Waals surface area contributed by atoms with E-state index in [4.69, 9.17) is 11.0 Å². The number of rotatable bonds is 3. The summed E-state index contributed by atoms with van der Waals surface area (Å²) in [6, 6.07) is 2.28. The van der Waals surface area contributed by atoms with E-state index in [0.29, 0.717) is 6.07 Å². The Hall–Kier alpha value is -2.11. The fourth-order valence-corrected chi connectivity index (χ4v) is 1.19. The van der Waals surface area contributed by atoms with Crippen molar-refractivity contribution in [2.24, 2.45) is 0 Å². The number of nitrogens with two attached hydrogens (primary N) is 1. The summed E-state index contributed by atoms with van der Waals surface area (Å²) in [5, 5.41) is 8.37. The number of hydrogen-bond acceptors (Lipinski definition) is 4. The van der Waals surface area contributed by atoms with Gasteiger partial charge in [0.2, 0.25) is 0 Å². The van der Waals surface area contributed by atoms with Crippen molar-refractivity contribution in [1.29, 1.82) is 5.26 Å². The molecule has 9 heteroatoms. The Morgan fingerprint density at radius 1 is 1.44 bits per heavy atom. The molecule has 0 spiro atoms. The number of anilines is 1. The van der Waals surface area contributed by atoms with Crippen molar-refractivity contribution >= 4 is 5.82 Å². The van der Waals surface area contributed by atoms with E-state index in [0.717, 1.165) is 0 Å². The Morgan fingerprint density at radius 3 is 2.50 bits per heavy atom. The summed E-state index contributed by atoms with van der Waals surface area (Å²) in [7, 11) is 0. The maximum absolute atomic E-state index is 12.6. The average molecular weight is 267 g/mol. The van der Waals surface area contributed by atoms with Crippen molar-refractivity contribution in [3.05, 3.63) is 17.3 Å². The standard InChI is InChI=1S/C9H6F5N3O/c10-7(11)5-3-4(1-2-15)17-8(16)6(5)18-9(12,13)14/h3,7H,1H2,(H2,16,17). The molecule has 0 fully saturated rings. The lowest BCUT2D eigenvalue weighted by Gasteiger charge is -2.15. The van der Waals surface area contributed by atoms with Crippen LogP contribution in [0, 0.1) is 11.3 Å². The summed E-state index contributed by atoms with van der Waals surface area (Å²) >= 11 is 0. The van der Waals surface area contributed by atoms with Crippen LogP contribution in [0.4, 0.5) is 27.8 Å². The molecule has 1 aromatic rings. The molecule has 0 saturated carbocycles. The minimum Gasteiger partial charge on any atom is -0.401 e. The van der Waals surface area contributed by atoms with Gasteiger partial charge < -0.3 is 10.5 Å². The molecule has 0 atom stereocenters. The zero-order chi connectivity index (χ0) is 13.9. The molecule has 98 valence electrons. The Kier molecular flexibility index (Phi) is 3.90. The van der Waals surface area contributed by atoms with Gasteiger partial charge >= 0.3 is 6.36 Å². The van der Waals surface area contributed by atoms with Gasteiger partial charge in [0, 0.05) is 0 Å². The predicted molar refractivity (Wildman–Crippen MR) is 49.6 cm³/mol. The van der Waals surface area contributed by atoms with Gasteiger partial charge in [0.05, 0.1) is 23.7 Å². The highest BCUT2D eigenvalue weighted by Crippen LogP contribution is 2.36. The fraction of sp³-hybridized carbons (Fsp3) is 0.333. The molecule has 0 bridgehead atoms. The van der Waals surface area contributed by atoms with E-state index in [-0.39, 0.29) is 12.1 Å². The van der Waals surface area contributed by atoms with Crippen LogP contribution in [-0.2, 0) is 6.42 Å². The second-order valence-electron chi connectivity index (χ2n) is 3.10. The van der Waals surface area contributed by atoms with Crippen LogP contribution in [0.15, 0.2) is 6.07 Å². The Balaban J connectivity index is 3.28. The highest BCUT2D eigenvalue weighted by molar-refractivity contribution is 5.53. The first-order valence-electron chi connectivity index (χ1n) is 4.44. The third-order valence-corrected chi connectivity index (χ3v) is 1.79. The molecule has 1 rings (SSSR count). The third kappa shape index (κ3) is 3.44. The van der Waals surface area contributed by atoms with Gasteiger partial charge in [0.1, 0.15) is 0 Å². The van der Waals surface area contributed by atoms with Gasteiger partial charge in [-0.05, 0) is 6.07 Å². The summed E-state index contributed by atoms with van der Waals surface area (Å²) in [6.07, 6.45) is -8.74. The van der Waals surface area contributed by atoms with Crippen LogP contribution < -0.4 is 10.5 Å². The summed E-state index contributed by atoms with van der Waals surface area (Å²) in [6.45, 7) is 0. The number of nitriles is 1. The average Bonchev–Trinajstić information content (AvgIpc) is 2.20.